The first kappa shape index (κ1) is 15.3. The van der Waals surface area contributed by atoms with E-state index in [4.69, 9.17) is 4.74 Å². The average Bonchev–Trinajstić information content (AvgIpc) is 3.02. The highest BCUT2D eigenvalue weighted by Gasteiger charge is 2.52. The smallest absolute Gasteiger partial charge is 0.244 e. The number of nitrogens with one attached hydrogen (secondary N) is 1. The maximum absolute atomic E-state index is 13.0. The molecule has 1 saturated carbocycles. The van der Waals surface area contributed by atoms with Crippen LogP contribution in [-0.2, 0) is 9.53 Å². The largest absolute Gasteiger partial charge is 0.376 e. The number of amides is 1. The van der Waals surface area contributed by atoms with Gasteiger partial charge < -0.3 is 9.64 Å². The van der Waals surface area contributed by atoms with E-state index in [1.54, 1.807) is 0 Å². The van der Waals surface area contributed by atoms with Crippen molar-refractivity contribution in [2.45, 2.75) is 83.0 Å². The van der Waals surface area contributed by atoms with Crippen LogP contribution >= 0.6 is 0 Å². The highest BCUT2D eigenvalue weighted by Crippen LogP contribution is 2.38. The van der Waals surface area contributed by atoms with Crippen molar-refractivity contribution >= 4 is 5.91 Å². The summed E-state index contributed by atoms with van der Waals surface area (Å²) in [4.78, 5) is 15.1. The van der Waals surface area contributed by atoms with Crippen LogP contribution in [0.4, 0.5) is 0 Å². The molecule has 0 aromatic rings. The van der Waals surface area contributed by atoms with Gasteiger partial charge in [0.15, 0.2) is 0 Å². The summed E-state index contributed by atoms with van der Waals surface area (Å²) in [6.07, 6.45) is 9.40. The van der Waals surface area contributed by atoms with E-state index >= 15 is 0 Å². The molecule has 2 heterocycles. The first-order chi connectivity index (χ1) is 10.1. The Morgan fingerprint density at radius 3 is 2.67 bits per heavy atom. The van der Waals surface area contributed by atoms with E-state index in [1.165, 1.54) is 25.7 Å². The minimum atomic E-state index is -0.242. The summed E-state index contributed by atoms with van der Waals surface area (Å²) in [7, 11) is 0. The maximum Gasteiger partial charge on any atom is 0.244 e. The molecular formula is C17H30N2O2. The zero-order chi connectivity index (χ0) is 14.9. The molecule has 1 spiro atoms. The van der Waals surface area contributed by atoms with E-state index < -0.39 is 0 Å². The fourth-order valence-electron chi connectivity index (χ4n) is 4.23. The van der Waals surface area contributed by atoms with E-state index in [2.05, 4.69) is 24.1 Å². The van der Waals surface area contributed by atoms with Gasteiger partial charge in [-0.1, -0.05) is 26.7 Å². The molecule has 2 saturated heterocycles. The van der Waals surface area contributed by atoms with Crippen LogP contribution in [0.1, 0.15) is 65.2 Å². The Bertz CT molecular complexity index is 371. The zero-order valence-corrected chi connectivity index (χ0v) is 13.6. The summed E-state index contributed by atoms with van der Waals surface area (Å²) in [5, 5.41) is 3.71. The fraction of sp³-hybridized carbons (Fsp3) is 0.941. The first-order valence-electron chi connectivity index (χ1n) is 8.81. The Morgan fingerprint density at radius 2 is 2.05 bits per heavy atom. The Hall–Kier alpha value is -0.610. The van der Waals surface area contributed by atoms with Crippen molar-refractivity contribution in [2.75, 3.05) is 13.2 Å². The number of nitrogens with zero attached hydrogens (tertiary/aromatic N) is 1. The Morgan fingerprint density at radius 1 is 1.29 bits per heavy atom. The lowest BCUT2D eigenvalue weighted by atomic mass is 9.97. The van der Waals surface area contributed by atoms with Crippen LogP contribution in [0.25, 0.3) is 0 Å². The lowest BCUT2D eigenvalue weighted by Gasteiger charge is -2.31. The first-order valence-corrected chi connectivity index (χ1v) is 8.81. The van der Waals surface area contributed by atoms with E-state index in [0.717, 1.165) is 38.8 Å². The SMILES string of the molecule is CC(C)CC1NC2(CCCC2)C(=O)N1CC1CCCCO1. The summed E-state index contributed by atoms with van der Waals surface area (Å²) in [6, 6.07) is 0. The van der Waals surface area contributed by atoms with Crippen LogP contribution in [0.5, 0.6) is 0 Å². The van der Waals surface area contributed by atoms with Crippen molar-refractivity contribution in [2.24, 2.45) is 5.92 Å². The van der Waals surface area contributed by atoms with Gasteiger partial charge in [-0.15, -0.1) is 0 Å². The summed E-state index contributed by atoms with van der Waals surface area (Å²) in [5.41, 5.74) is -0.242. The van der Waals surface area contributed by atoms with Crippen LogP contribution in [0.15, 0.2) is 0 Å². The number of carbonyl (C=O) groups is 1. The Kier molecular flexibility index (Phi) is 4.55. The molecule has 0 aromatic carbocycles. The molecule has 120 valence electrons. The molecule has 2 atom stereocenters. The summed E-state index contributed by atoms with van der Waals surface area (Å²) in [6.45, 7) is 6.12. The molecule has 1 aliphatic carbocycles. The second-order valence-corrected chi connectivity index (χ2v) is 7.52. The second kappa shape index (κ2) is 6.25. The Balaban J connectivity index is 1.71. The van der Waals surface area contributed by atoms with Gasteiger partial charge in [-0.25, -0.2) is 0 Å². The zero-order valence-electron chi connectivity index (χ0n) is 13.6. The number of carbonyl (C=O) groups excluding carboxylic acids is 1. The molecule has 0 aromatic heterocycles. The maximum atomic E-state index is 13.0. The molecule has 1 amide bonds. The van der Waals surface area contributed by atoms with Gasteiger partial charge in [0.1, 0.15) is 0 Å². The number of hydrogen-bond acceptors (Lipinski definition) is 3. The molecule has 4 heteroatoms. The van der Waals surface area contributed by atoms with Gasteiger partial charge >= 0.3 is 0 Å². The monoisotopic (exact) mass is 294 g/mol. The number of rotatable bonds is 4. The van der Waals surface area contributed by atoms with Crippen molar-refractivity contribution in [1.82, 2.24) is 10.2 Å². The summed E-state index contributed by atoms with van der Waals surface area (Å²) < 4.78 is 5.87. The predicted octanol–water partition coefficient (Wildman–Crippen LogP) is 2.67. The van der Waals surface area contributed by atoms with Crippen LogP contribution in [0.2, 0.25) is 0 Å². The minimum Gasteiger partial charge on any atom is -0.376 e. The Labute approximate surface area is 128 Å². The molecule has 3 rings (SSSR count). The number of hydrogen-bond donors (Lipinski definition) is 1. The van der Waals surface area contributed by atoms with Crippen LogP contribution in [-0.4, -0.2) is 41.8 Å². The molecular weight excluding hydrogens is 264 g/mol. The van der Waals surface area contributed by atoms with Gasteiger partial charge in [0.25, 0.3) is 0 Å². The normalized spacial score (nSPS) is 32.5. The molecule has 0 bridgehead atoms. The quantitative estimate of drug-likeness (QED) is 0.867. The minimum absolute atomic E-state index is 0.209. The van der Waals surface area contributed by atoms with E-state index in [1.807, 2.05) is 0 Å². The number of ether oxygens (including phenoxy) is 1. The van der Waals surface area contributed by atoms with Crippen LogP contribution < -0.4 is 5.32 Å². The van der Waals surface area contributed by atoms with Crippen molar-refractivity contribution in [3.05, 3.63) is 0 Å². The molecule has 2 unspecified atom stereocenters. The molecule has 4 nitrogen and oxygen atoms in total. The van der Waals surface area contributed by atoms with E-state index in [-0.39, 0.29) is 17.8 Å². The third kappa shape index (κ3) is 3.11. The second-order valence-electron chi connectivity index (χ2n) is 7.52. The summed E-state index contributed by atoms with van der Waals surface area (Å²) >= 11 is 0. The lowest BCUT2D eigenvalue weighted by Crippen LogP contribution is -2.45. The van der Waals surface area contributed by atoms with E-state index in [9.17, 15) is 4.79 Å². The van der Waals surface area contributed by atoms with Crippen molar-refractivity contribution in [3.8, 4) is 0 Å². The highest BCUT2D eigenvalue weighted by molar-refractivity contribution is 5.89. The van der Waals surface area contributed by atoms with Gasteiger partial charge in [-0.05, 0) is 44.4 Å². The molecule has 3 fully saturated rings. The standard InChI is InChI=1S/C17H30N2O2/c1-13(2)11-15-18-17(8-4-5-9-17)16(20)19(15)12-14-7-3-6-10-21-14/h13-15,18H,3-12H2,1-2H3. The van der Waals surface area contributed by atoms with Gasteiger partial charge in [0, 0.05) is 13.2 Å². The fourth-order valence-corrected chi connectivity index (χ4v) is 4.23. The predicted molar refractivity (Wildman–Crippen MR) is 82.9 cm³/mol. The molecule has 1 N–H and O–H groups in total. The third-order valence-corrected chi connectivity index (χ3v) is 5.32. The molecule has 21 heavy (non-hydrogen) atoms. The van der Waals surface area contributed by atoms with Gasteiger partial charge in [-0.3, -0.25) is 10.1 Å². The van der Waals surface area contributed by atoms with Gasteiger partial charge in [-0.2, -0.15) is 0 Å². The molecule has 0 radical (unpaired) electrons. The van der Waals surface area contributed by atoms with Crippen molar-refractivity contribution < 1.29 is 9.53 Å². The van der Waals surface area contributed by atoms with Crippen molar-refractivity contribution in [3.63, 3.8) is 0 Å². The van der Waals surface area contributed by atoms with Crippen molar-refractivity contribution in [1.29, 1.82) is 0 Å². The van der Waals surface area contributed by atoms with Crippen LogP contribution in [0, 0.1) is 5.92 Å². The average molecular weight is 294 g/mol. The highest BCUT2D eigenvalue weighted by atomic mass is 16.5. The molecule has 2 aliphatic heterocycles. The molecule has 3 aliphatic rings. The topological polar surface area (TPSA) is 41.6 Å². The van der Waals surface area contributed by atoms with E-state index in [0.29, 0.717) is 11.8 Å². The van der Waals surface area contributed by atoms with Gasteiger partial charge in [0.2, 0.25) is 5.91 Å². The van der Waals surface area contributed by atoms with Gasteiger partial charge in [0.05, 0.1) is 17.8 Å². The third-order valence-electron chi connectivity index (χ3n) is 5.32. The lowest BCUT2D eigenvalue weighted by molar-refractivity contribution is -0.135. The summed E-state index contributed by atoms with van der Waals surface area (Å²) in [5.74, 6) is 0.946. The van der Waals surface area contributed by atoms with Crippen LogP contribution in [0.3, 0.4) is 0 Å².